The van der Waals surface area contributed by atoms with Crippen LogP contribution in [-0.4, -0.2) is 55.6 Å². The third-order valence-electron chi connectivity index (χ3n) is 26.9. The van der Waals surface area contributed by atoms with Gasteiger partial charge in [-0.05, 0) is 215 Å². The number of imidazole rings is 3. The van der Waals surface area contributed by atoms with E-state index in [2.05, 4.69) is 476 Å². The molecule has 18 aromatic carbocycles. The molecule has 12 heterocycles. The number of thiazole rings is 3. The average Bonchev–Trinajstić information content (AvgIpc) is 1.57. The highest BCUT2D eigenvalue weighted by molar-refractivity contribution is 7.15. The summed E-state index contributed by atoms with van der Waals surface area (Å²) in [6.45, 7) is 0. The van der Waals surface area contributed by atoms with Crippen molar-refractivity contribution in [2.24, 2.45) is 0 Å². The number of fused-ring (bicyclic) bond motifs is 27. The summed E-state index contributed by atoms with van der Waals surface area (Å²) >= 11 is 5.00. The second-order valence-electron chi connectivity index (χ2n) is 34.0. The molecular formula is C117H72N12S3. The topological polar surface area (TPSA) is 81.5 Å². The van der Waals surface area contributed by atoms with Crippen LogP contribution in [0.25, 0.3) is 246 Å². The van der Waals surface area contributed by atoms with E-state index >= 15 is 0 Å². The van der Waals surface area contributed by atoms with Gasteiger partial charge in [-0.2, -0.15) is 0 Å². The maximum atomic E-state index is 4.86. The predicted octanol–water partition coefficient (Wildman–Crippen LogP) is 31.2. The van der Waals surface area contributed by atoms with Crippen molar-refractivity contribution in [1.29, 1.82) is 0 Å². The van der Waals surface area contributed by atoms with Crippen LogP contribution in [-0.2, 0) is 0 Å². The quantitative estimate of drug-likeness (QED) is 0.144. The van der Waals surface area contributed by atoms with Crippen LogP contribution in [0.4, 0.5) is 0 Å². The van der Waals surface area contributed by atoms with Crippen molar-refractivity contribution >= 4 is 213 Å². The summed E-state index contributed by atoms with van der Waals surface area (Å²) in [4.78, 5) is 17.5. The van der Waals surface area contributed by atoms with E-state index < -0.39 is 0 Å². The summed E-state index contributed by atoms with van der Waals surface area (Å²) < 4.78 is 20.9. The van der Waals surface area contributed by atoms with Crippen LogP contribution in [0.1, 0.15) is 0 Å². The van der Waals surface area contributed by atoms with E-state index in [-0.39, 0.29) is 0 Å². The molecule has 0 radical (unpaired) electrons. The molecule has 0 amide bonds. The van der Waals surface area contributed by atoms with Crippen molar-refractivity contribution < 1.29 is 0 Å². The van der Waals surface area contributed by atoms with E-state index in [9.17, 15) is 0 Å². The Bertz CT molecular complexity index is 9850. The van der Waals surface area contributed by atoms with Gasteiger partial charge in [0.2, 0.25) is 0 Å². The maximum Gasteiger partial charge on any atom is 0.194 e. The first-order valence-corrected chi connectivity index (χ1v) is 47.0. The van der Waals surface area contributed by atoms with E-state index in [0.29, 0.717) is 0 Å². The van der Waals surface area contributed by atoms with Gasteiger partial charge in [0.15, 0.2) is 14.9 Å². The zero-order valence-electron chi connectivity index (χ0n) is 70.7. The molecule has 0 aliphatic carbocycles. The van der Waals surface area contributed by atoms with Gasteiger partial charge in [-0.3, -0.25) is 13.2 Å². The second kappa shape index (κ2) is 29.3. The lowest BCUT2D eigenvalue weighted by molar-refractivity contribution is 1.16. The molecule has 0 N–H and O–H groups in total. The number of benzene rings is 18. The zero-order valence-corrected chi connectivity index (χ0v) is 73.1. The fourth-order valence-electron chi connectivity index (χ4n) is 21.1. The highest BCUT2D eigenvalue weighted by Gasteiger charge is 2.24. The van der Waals surface area contributed by atoms with E-state index in [1.165, 1.54) is 176 Å². The Balaban J connectivity index is 0.0000001000. The Morgan fingerprint density at radius 1 is 0.152 bits per heavy atom. The molecule has 0 bridgehead atoms. The Labute approximate surface area is 765 Å². The average molecular weight is 1740 g/mol. The summed E-state index contributed by atoms with van der Waals surface area (Å²) in [5, 5.41) is 21.4. The lowest BCUT2D eigenvalue weighted by Gasteiger charge is -2.12. The molecule has 30 rings (SSSR count). The lowest BCUT2D eigenvalue weighted by Crippen LogP contribution is -1.96. The van der Waals surface area contributed by atoms with Gasteiger partial charge in [0.1, 0.15) is 0 Å². The first-order chi connectivity index (χ1) is 65.4. The minimum atomic E-state index is 1.02. The van der Waals surface area contributed by atoms with Gasteiger partial charge in [-0.25, -0.2) is 15.0 Å². The molecule has 0 aliphatic heterocycles. The maximum absolute atomic E-state index is 4.86. The highest BCUT2D eigenvalue weighted by atomic mass is 32.1. The molecule has 0 atom stereocenters. The van der Waals surface area contributed by atoms with Crippen LogP contribution in [0, 0.1) is 0 Å². The van der Waals surface area contributed by atoms with Crippen LogP contribution < -0.4 is 0 Å². The van der Waals surface area contributed by atoms with Crippen LogP contribution in [0.2, 0.25) is 0 Å². The summed E-state index contributed by atoms with van der Waals surface area (Å²) in [5.74, 6) is 0. The molecule has 30 aromatic rings. The van der Waals surface area contributed by atoms with Crippen molar-refractivity contribution in [3.05, 3.63) is 435 Å². The fraction of sp³-hybridized carbons (Fsp3) is 0. The monoisotopic (exact) mass is 1740 g/mol. The second-order valence-corrected chi connectivity index (χ2v) is 36.7. The number of para-hydroxylation sites is 9. The number of hydrogen-bond donors (Lipinski definition) is 0. The smallest absolute Gasteiger partial charge is 0.194 e. The Morgan fingerprint density at radius 3 is 0.758 bits per heavy atom. The molecule has 0 spiro atoms. The van der Waals surface area contributed by atoms with Gasteiger partial charge < -0.3 is 27.4 Å². The van der Waals surface area contributed by atoms with Crippen LogP contribution in [0.5, 0.6) is 0 Å². The third-order valence-corrected chi connectivity index (χ3v) is 29.2. The number of hydrogen-bond acceptors (Lipinski definition) is 6. The predicted molar refractivity (Wildman–Crippen MR) is 554 cm³/mol. The third kappa shape index (κ3) is 11.5. The Morgan fingerprint density at radius 2 is 0.394 bits per heavy atom. The number of rotatable bonds is 9. The number of nitrogens with zero attached hydrogens (tertiary/aromatic N) is 12. The Hall–Kier alpha value is -17.0. The largest absolute Gasteiger partial charge is 0.309 e. The van der Waals surface area contributed by atoms with Gasteiger partial charge in [-0.1, -0.05) is 218 Å². The summed E-state index contributed by atoms with van der Waals surface area (Å²) in [6, 6.07) is 145. The minimum Gasteiger partial charge on any atom is -0.309 e. The van der Waals surface area contributed by atoms with Gasteiger partial charge in [0.05, 0.1) is 99.3 Å². The SMILES string of the molecule is c1cc(-c2ccc3c(c2)nc2sccn23)cc(-n2c3ccccc3c3cc(-n4c5ccccc5c5ccccc54)ccc32)c1.c1cc(-c2cccc(-n3c4ccccc4c4cc(-n5c6ccccc6c6ccccc65)ccc43)c2)cc(-c2ccc3nc4sccn4c3c2)c1.c1ccc2c(c1)c1ccccc1n2-c1ccc2c(c1)c1ccccc1n2-c1ccc2nc3sccn3c2c1. The summed E-state index contributed by atoms with van der Waals surface area (Å²) in [5.41, 5.74) is 35.0. The van der Waals surface area contributed by atoms with Gasteiger partial charge in [0.25, 0.3) is 0 Å². The van der Waals surface area contributed by atoms with Gasteiger partial charge in [-0.15, -0.1) is 34.0 Å². The van der Waals surface area contributed by atoms with Crippen LogP contribution in [0.3, 0.4) is 0 Å². The molecule has 12 nitrogen and oxygen atoms in total. The molecule has 0 fully saturated rings. The normalized spacial score (nSPS) is 12.1. The lowest BCUT2D eigenvalue weighted by atomic mass is 9.98. The van der Waals surface area contributed by atoms with E-state index in [0.717, 1.165) is 70.7 Å². The fourth-order valence-corrected chi connectivity index (χ4v) is 23.3. The van der Waals surface area contributed by atoms with E-state index in [4.69, 9.17) is 15.0 Å². The number of aromatic nitrogens is 12. The van der Waals surface area contributed by atoms with Crippen LogP contribution in [0.15, 0.2) is 435 Å². The van der Waals surface area contributed by atoms with E-state index in [1.54, 1.807) is 34.0 Å². The molecule has 0 unspecified atom stereocenters. The van der Waals surface area contributed by atoms with Crippen molar-refractivity contribution in [3.63, 3.8) is 0 Å². The van der Waals surface area contributed by atoms with Crippen LogP contribution >= 0.6 is 34.0 Å². The van der Waals surface area contributed by atoms with Crippen molar-refractivity contribution in [1.82, 2.24) is 55.6 Å². The zero-order chi connectivity index (χ0) is 86.3. The van der Waals surface area contributed by atoms with Crippen molar-refractivity contribution in [2.45, 2.75) is 0 Å². The highest BCUT2D eigenvalue weighted by Crippen LogP contribution is 2.44. The molecule has 618 valence electrons. The first kappa shape index (κ1) is 74.2. The molecule has 12 aromatic heterocycles. The summed E-state index contributed by atoms with van der Waals surface area (Å²) in [7, 11) is 0. The van der Waals surface area contributed by atoms with Gasteiger partial charge in [0, 0.05) is 133 Å². The molecule has 15 heteroatoms. The molecule has 0 saturated heterocycles. The molecule has 0 aliphatic rings. The van der Waals surface area contributed by atoms with Gasteiger partial charge >= 0.3 is 0 Å². The Kier molecular flexibility index (Phi) is 16.5. The molecule has 132 heavy (non-hydrogen) atoms. The molecule has 0 saturated carbocycles. The van der Waals surface area contributed by atoms with Crippen molar-refractivity contribution in [3.8, 4) is 67.5 Å². The summed E-state index contributed by atoms with van der Waals surface area (Å²) in [6.07, 6.45) is 6.29. The standard InChI is InChI=1S/C45H28N4S.C39H24N4S.C33H20N4S/c1-4-16-40-35(13-1)36-14-2-5-17-41(36)49(40)34-20-22-43-38(28-34)37-15-3-6-18-42(37)48(43)33-12-8-11-31(26-33)29-9-7-10-30(25-29)32-19-21-39-44(27-32)47-23-24-50-45(47)46-39;1-4-13-34-29(10-1)30-11-2-5-14-35(30)43(34)28-17-19-37-32(24-28)31-12-3-6-15-36(31)42(37)27-9-7-8-25(22-27)26-16-18-38-33(23-26)40-39-41(38)20-21-44-39;1-4-10-28-23(7-1)24-8-2-5-11-29(24)36(28)21-14-16-31-26(19-21)25-9-3-6-12-30(25)37(31)22-13-15-27-32(20-22)35-17-18-38-33(35)34-27/h1-28H;1-24H;1-20H. The first-order valence-electron chi connectivity index (χ1n) is 44.4. The minimum absolute atomic E-state index is 1.02. The van der Waals surface area contributed by atoms with Crippen molar-refractivity contribution in [2.75, 3.05) is 0 Å². The molecular weight excluding hydrogens is 1670 g/mol. The van der Waals surface area contributed by atoms with E-state index in [1.807, 2.05) is 0 Å².